The molecule has 4 aromatic rings. The van der Waals surface area contributed by atoms with Gasteiger partial charge >= 0.3 is 0 Å². The van der Waals surface area contributed by atoms with E-state index in [9.17, 15) is 4.79 Å². The van der Waals surface area contributed by atoms with Crippen molar-refractivity contribution in [3.8, 4) is 17.2 Å². The summed E-state index contributed by atoms with van der Waals surface area (Å²) in [6.07, 6.45) is 8.47. The number of aryl methyl sites for hydroxylation is 2. The molecule has 1 amide bonds. The number of nitrogens with one attached hydrogen (secondary N) is 1. The number of amides is 1. The Bertz CT molecular complexity index is 1910. The van der Waals surface area contributed by atoms with Crippen LogP contribution in [0.2, 0.25) is 0 Å². The summed E-state index contributed by atoms with van der Waals surface area (Å²) in [5, 5.41) is 4.36. The maximum Gasteiger partial charge on any atom is 0.246 e. The van der Waals surface area contributed by atoms with Crippen LogP contribution in [-0.4, -0.2) is 88.1 Å². The molecule has 12 nitrogen and oxygen atoms in total. The Kier molecular flexibility index (Phi) is 9.01. The van der Waals surface area contributed by atoms with Gasteiger partial charge in [0.05, 0.1) is 11.6 Å². The highest BCUT2D eigenvalue weighted by Crippen LogP contribution is 2.36. The van der Waals surface area contributed by atoms with Crippen molar-refractivity contribution < 1.29 is 14.3 Å². The molecular weight excluding hydrogens is 601 g/mol. The first kappa shape index (κ1) is 31.2. The Morgan fingerprint density at radius 2 is 2.11 bits per heavy atom. The summed E-state index contributed by atoms with van der Waals surface area (Å²) >= 11 is 0. The summed E-state index contributed by atoms with van der Waals surface area (Å²) in [4.78, 5) is 37.4. The fraction of sp³-hybridized carbons (Fsp3) is 0.303. The fourth-order valence-electron chi connectivity index (χ4n) is 5.51. The topological polar surface area (TPSA) is 113 Å². The number of carbonyl (C=O) groups excluding carboxylic acids is 1. The second-order valence-electron chi connectivity index (χ2n) is 11.6. The number of ether oxygens (including phenoxy) is 2. The Morgan fingerprint density at radius 1 is 1.26 bits per heavy atom. The lowest BCUT2D eigenvalue weighted by atomic mass is 10.1. The van der Waals surface area contributed by atoms with E-state index in [4.69, 9.17) is 14.5 Å². The van der Waals surface area contributed by atoms with E-state index in [0.717, 1.165) is 33.6 Å². The molecule has 1 N–H and O–H groups in total. The number of fused-ring (bicyclic) bond motifs is 5. The summed E-state index contributed by atoms with van der Waals surface area (Å²) in [6.45, 7) is 8.65. The van der Waals surface area contributed by atoms with Crippen LogP contribution in [0.25, 0.3) is 11.0 Å². The minimum absolute atomic E-state index is 0.00214. The van der Waals surface area contributed by atoms with Gasteiger partial charge in [0.1, 0.15) is 35.4 Å². The standard InChI is InChI=1S/C33H38N9O3P/c1-6-34-29-15-23(9-11-40(29)5)45-26-17-28(46)24(14-21(26)2)37-32-31-25(35-20-36-32)16-27-33(38-31)41-12-13-42(22(18-41)19-44-27)30(43)8-7-10-39(3)4/h6-9,11,14-17,20,22H,1,10,12-13,18-19,46H2,2-5H3,(H,35,36,37)/b8-7+,34-29?. The van der Waals surface area contributed by atoms with E-state index in [-0.39, 0.29) is 11.9 Å². The normalized spacial score (nSPS) is 16.4. The van der Waals surface area contributed by atoms with E-state index in [0.29, 0.717) is 61.1 Å². The summed E-state index contributed by atoms with van der Waals surface area (Å²) in [5.74, 6) is 3.36. The zero-order valence-electron chi connectivity index (χ0n) is 26.5. The van der Waals surface area contributed by atoms with Crippen molar-refractivity contribution in [3.63, 3.8) is 0 Å². The van der Waals surface area contributed by atoms with Crippen molar-refractivity contribution in [2.45, 2.75) is 13.0 Å². The largest absolute Gasteiger partial charge is 0.487 e. The average molecular weight is 640 g/mol. The van der Waals surface area contributed by atoms with E-state index < -0.39 is 0 Å². The second kappa shape index (κ2) is 13.3. The van der Waals surface area contributed by atoms with E-state index in [1.165, 1.54) is 12.5 Å². The summed E-state index contributed by atoms with van der Waals surface area (Å²) in [7, 11) is 8.63. The predicted molar refractivity (Wildman–Crippen MR) is 183 cm³/mol. The van der Waals surface area contributed by atoms with Crippen molar-refractivity contribution in [2.75, 3.05) is 57.1 Å². The molecular formula is C33H38N9O3P. The first-order valence-corrected chi connectivity index (χ1v) is 15.6. The van der Waals surface area contributed by atoms with Crippen LogP contribution < -0.4 is 30.5 Å². The van der Waals surface area contributed by atoms with Crippen LogP contribution in [-0.2, 0) is 11.8 Å². The van der Waals surface area contributed by atoms with E-state index in [1.54, 1.807) is 6.08 Å². The number of benzene rings is 1. The van der Waals surface area contributed by atoms with Gasteiger partial charge in [-0.2, -0.15) is 0 Å². The molecule has 2 bridgehead atoms. The van der Waals surface area contributed by atoms with Crippen molar-refractivity contribution in [3.05, 3.63) is 78.8 Å². The summed E-state index contributed by atoms with van der Waals surface area (Å²) in [6, 6.07) is 9.56. The Balaban J connectivity index is 1.24. The van der Waals surface area contributed by atoms with Gasteiger partial charge in [-0.3, -0.25) is 4.79 Å². The molecule has 0 spiro atoms. The van der Waals surface area contributed by atoms with Crippen molar-refractivity contribution in [1.82, 2.24) is 29.3 Å². The first-order valence-electron chi connectivity index (χ1n) is 15.0. The number of anilines is 3. The Labute approximate surface area is 270 Å². The molecule has 238 valence electrons. The number of rotatable bonds is 8. The molecule has 5 heterocycles. The molecule has 0 radical (unpaired) electrons. The Morgan fingerprint density at radius 3 is 2.91 bits per heavy atom. The molecule has 2 atom stereocenters. The molecule has 0 saturated carbocycles. The first-order chi connectivity index (χ1) is 22.2. The highest BCUT2D eigenvalue weighted by molar-refractivity contribution is 7.28. The molecule has 1 aromatic carbocycles. The molecule has 2 aliphatic heterocycles. The van der Waals surface area contributed by atoms with Gasteiger partial charge in [0, 0.05) is 69.5 Å². The quantitative estimate of drug-likeness (QED) is 0.229. The molecule has 46 heavy (non-hydrogen) atoms. The zero-order valence-corrected chi connectivity index (χ0v) is 27.6. The second-order valence-corrected chi connectivity index (χ2v) is 12.2. The van der Waals surface area contributed by atoms with Gasteiger partial charge in [0.25, 0.3) is 0 Å². The van der Waals surface area contributed by atoms with Crippen LogP contribution in [0.15, 0.2) is 72.8 Å². The number of nitrogens with zero attached hydrogens (tertiary/aromatic N) is 8. The smallest absolute Gasteiger partial charge is 0.246 e. The minimum Gasteiger partial charge on any atom is -0.487 e. The van der Waals surface area contributed by atoms with Gasteiger partial charge in [-0.25, -0.2) is 19.9 Å². The van der Waals surface area contributed by atoms with Crippen LogP contribution in [0.3, 0.4) is 0 Å². The number of carbonyl (C=O) groups is 1. The van der Waals surface area contributed by atoms with Crippen LogP contribution in [0, 0.1) is 6.92 Å². The van der Waals surface area contributed by atoms with Gasteiger partial charge in [-0.05, 0) is 50.1 Å². The van der Waals surface area contributed by atoms with Crippen LogP contribution in [0.4, 0.5) is 17.3 Å². The van der Waals surface area contributed by atoms with Crippen molar-refractivity contribution >= 4 is 48.8 Å². The average Bonchev–Trinajstić information content (AvgIpc) is 3.16. The maximum absolute atomic E-state index is 13.0. The number of hydrogen-bond donors (Lipinski definition) is 1. The molecule has 13 heteroatoms. The molecule has 1 saturated heterocycles. The van der Waals surface area contributed by atoms with Crippen LogP contribution in [0.5, 0.6) is 17.2 Å². The molecule has 2 unspecified atom stereocenters. The fourth-order valence-corrected chi connectivity index (χ4v) is 5.82. The van der Waals surface area contributed by atoms with Crippen LogP contribution >= 0.6 is 9.24 Å². The van der Waals surface area contributed by atoms with E-state index in [1.807, 2.05) is 85.0 Å². The number of hydrogen-bond acceptors (Lipinski definition) is 10. The third kappa shape index (κ3) is 6.59. The number of likely N-dealkylation sites (N-methyl/N-ethyl adjacent to an activating group) is 1. The number of pyridine rings is 2. The van der Waals surface area contributed by atoms with Gasteiger partial charge in [-0.15, -0.1) is 9.24 Å². The summed E-state index contributed by atoms with van der Waals surface area (Å²) < 4.78 is 14.4. The summed E-state index contributed by atoms with van der Waals surface area (Å²) in [5.41, 5.74) is 3.81. The van der Waals surface area contributed by atoms with Gasteiger partial charge in [-0.1, -0.05) is 12.7 Å². The van der Waals surface area contributed by atoms with E-state index in [2.05, 4.69) is 41.0 Å². The van der Waals surface area contributed by atoms with Gasteiger partial charge < -0.3 is 34.1 Å². The maximum atomic E-state index is 13.0. The highest BCUT2D eigenvalue weighted by atomic mass is 31.0. The Hall–Kier alpha value is -4.80. The minimum atomic E-state index is -0.0868. The number of aromatic nitrogens is 4. The van der Waals surface area contributed by atoms with Gasteiger partial charge in [0.15, 0.2) is 17.4 Å². The third-order valence-corrected chi connectivity index (χ3v) is 8.41. The zero-order chi connectivity index (χ0) is 32.4. The monoisotopic (exact) mass is 639 g/mol. The molecule has 1 fully saturated rings. The number of piperazine rings is 1. The van der Waals surface area contributed by atoms with Crippen molar-refractivity contribution in [2.24, 2.45) is 12.0 Å². The predicted octanol–water partition coefficient (Wildman–Crippen LogP) is 3.28. The van der Waals surface area contributed by atoms with E-state index >= 15 is 0 Å². The highest BCUT2D eigenvalue weighted by Gasteiger charge is 2.35. The lowest BCUT2D eigenvalue weighted by Gasteiger charge is -2.39. The molecule has 0 aliphatic carbocycles. The molecule has 6 rings (SSSR count). The van der Waals surface area contributed by atoms with Crippen molar-refractivity contribution in [1.29, 1.82) is 0 Å². The molecule has 2 aliphatic rings. The van der Waals surface area contributed by atoms with Crippen LogP contribution in [0.1, 0.15) is 5.56 Å². The lowest BCUT2D eigenvalue weighted by Crippen LogP contribution is -2.56. The SMILES string of the molecule is C=CN=c1cc(Oc2cc(P)c(Nc3ncnc4cc5c(nc34)N3CCN(C(=O)/C=C/CN(C)C)C(CO5)C3)cc2C)ccn1C. The van der Waals surface area contributed by atoms with Gasteiger partial charge in [0.2, 0.25) is 5.91 Å². The third-order valence-electron chi connectivity index (χ3n) is 7.93. The lowest BCUT2D eigenvalue weighted by molar-refractivity contribution is -0.129. The molecule has 3 aromatic heterocycles.